The SMILES string of the molecule is CSC(C)CNC(=O)c1cc(N)ncc1Cl. The highest BCUT2D eigenvalue weighted by molar-refractivity contribution is 7.99. The summed E-state index contributed by atoms with van der Waals surface area (Å²) in [5.41, 5.74) is 5.86. The van der Waals surface area contributed by atoms with Crippen molar-refractivity contribution in [1.29, 1.82) is 0 Å². The first-order chi connectivity index (χ1) is 7.54. The third-order valence-corrected chi connectivity index (χ3v) is 3.35. The molecule has 1 heterocycles. The highest BCUT2D eigenvalue weighted by atomic mass is 35.5. The van der Waals surface area contributed by atoms with Crippen LogP contribution in [0.15, 0.2) is 12.3 Å². The fraction of sp³-hybridized carbons (Fsp3) is 0.400. The quantitative estimate of drug-likeness (QED) is 0.865. The highest BCUT2D eigenvalue weighted by Crippen LogP contribution is 2.16. The second-order valence-electron chi connectivity index (χ2n) is 3.35. The molecule has 1 rings (SSSR count). The molecule has 0 radical (unpaired) electrons. The Morgan fingerprint density at radius 3 is 3.06 bits per heavy atom. The van der Waals surface area contributed by atoms with Gasteiger partial charge < -0.3 is 11.1 Å². The number of hydrogen-bond donors (Lipinski definition) is 2. The van der Waals surface area contributed by atoms with Gasteiger partial charge in [0.05, 0.1) is 10.6 Å². The van der Waals surface area contributed by atoms with Crippen molar-refractivity contribution < 1.29 is 4.79 Å². The van der Waals surface area contributed by atoms with Gasteiger partial charge >= 0.3 is 0 Å². The molecule has 0 bridgehead atoms. The van der Waals surface area contributed by atoms with Crippen LogP contribution in [0, 0.1) is 0 Å². The number of nitrogen functional groups attached to an aromatic ring is 1. The van der Waals surface area contributed by atoms with Crippen molar-refractivity contribution in [2.75, 3.05) is 18.5 Å². The average molecular weight is 260 g/mol. The first-order valence-electron chi connectivity index (χ1n) is 4.76. The van der Waals surface area contributed by atoms with Gasteiger partial charge in [-0.25, -0.2) is 4.98 Å². The molecule has 4 nitrogen and oxygen atoms in total. The molecule has 3 N–H and O–H groups in total. The minimum atomic E-state index is -0.222. The van der Waals surface area contributed by atoms with E-state index in [9.17, 15) is 4.79 Å². The maximum atomic E-state index is 11.7. The van der Waals surface area contributed by atoms with Crippen molar-refractivity contribution in [1.82, 2.24) is 10.3 Å². The maximum Gasteiger partial charge on any atom is 0.253 e. The van der Waals surface area contributed by atoms with E-state index in [0.717, 1.165) is 0 Å². The summed E-state index contributed by atoms with van der Waals surface area (Å²) in [4.78, 5) is 15.5. The summed E-state index contributed by atoms with van der Waals surface area (Å²) in [7, 11) is 0. The lowest BCUT2D eigenvalue weighted by Gasteiger charge is -2.10. The minimum absolute atomic E-state index is 0.222. The zero-order valence-electron chi connectivity index (χ0n) is 9.16. The van der Waals surface area contributed by atoms with Crippen LogP contribution in [0.4, 0.5) is 5.82 Å². The first-order valence-corrected chi connectivity index (χ1v) is 6.43. The van der Waals surface area contributed by atoms with Crippen LogP contribution in [0.3, 0.4) is 0 Å². The lowest BCUT2D eigenvalue weighted by molar-refractivity contribution is 0.0954. The lowest BCUT2D eigenvalue weighted by atomic mass is 10.2. The van der Waals surface area contributed by atoms with Crippen LogP contribution in [-0.4, -0.2) is 28.9 Å². The Hall–Kier alpha value is -0.940. The molecule has 0 aliphatic carbocycles. The Balaban J connectivity index is 2.69. The van der Waals surface area contributed by atoms with Crippen LogP contribution in [0.2, 0.25) is 5.02 Å². The van der Waals surface area contributed by atoms with Crippen molar-refractivity contribution in [2.24, 2.45) is 0 Å². The lowest BCUT2D eigenvalue weighted by Crippen LogP contribution is -2.29. The van der Waals surface area contributed by atoms with Gasteiger partial charge in [0.1, 0.15) is 5.82 Å². The van der Waals surface area contributed by atoms with Gasteiger partial charge in [-0.15, -0.1) is 0 Å². The number of anilines is 1. The van der Waals surface area contributed by atoms with Crippen LogP contribution in [0.25, 0.3) is 0 Å². The third-order valence-electron chi connectivity index (χ3n) is 2.07. The molecule has 6 heteroatoms. The Labute approximate surface area is 104 Å². The molecule has 0 saturated heterocycles. The number of nitrogens with two attached hydrogens (primary N) is 1. The summed E-state index contributed by atoms with van der Waals surface area (Å²) in [5, 5.41) is 3.46. The minimum Gasteiger partial charge on any atom is -0.384 e. The van der Waals surface area contributed by atoms with E-state index in [1.54, 1.807) is 11.8 Å². The molecule has 1 aromatic heterocycles. The molecule has 0 aromatic carbocycles. The Bertz CT molecular complexity index is 386. The van der Waals surface area contributed by atoms with Gasteiger partial charge in [0, 0.05) is 18.0 Å². The summed E-state index contributed by atoms with van der Waals surface area (Å²) in [6.07, 6.45) is 3.37. The second-order valence-corrected chi connectivity index (χ2v) is 5.03. The third kappa shape index (κ3) is 3.57. The molecule has 0 saturated carbocycles. The smallest absolute Gasteiger partial charge is 0.253 e. The molecule has 0 fully saturated rings. The van der Waals surface area contributed by atoms with Crippen molar-refractivity contribution in [3.63, 3.8) is 0 Å². The molecule has 1 amide bonds. The van der Waals surface area contributed by atoms with Gasteiger partial charge in [-0.3, -0.25) is 4.79 Å². The van der Waals surface area contributed by atoms with Crippen LogP contribution in [0.5, 0.6) is 0 Å². The summed E-state index contributed by atoms with van der Waals surface area (Å²) in [6.45, 7) is 2.63. The average Bonchev–Trinajstić information content (AvgIpc) is 2.28. The van der Waals surface area contributed by atoms with E-state index in [-0.39, 0.29) is 11.7 Å². The van der Waals surface area contributed by atoms with Crippen LogP contribution >= 0.6 is 23.4 Å². The van der Waals surface area contributed by atoms with Crippen LogP contribution in [0.1, 0.15) is 17.3 Å². The molecular formula is C10H14ClN3OS. The largest absolute Gasteiger partial charge is 0.384 e. The summed E-state index contributed by atoms with van der Waals surface area (Å²) < 4.78 is 0. The Morgan fingerprint density at radius 1 is 1.75 bits per heavy atom. The predicted octanol–water partition coefficient (Wildman–Crippen LogP) is 1.80. The molecule has 0 spiro atoms. The summed E-state index contributed by atoms with van der Waals surface area (Å²) in [5.74, 6) is 0.0625. The normalized spacial score (nSPS) is 12.2. The van der Waals surface area contributed by atoms with Crippen molar-refractivity contribution in [3.05, 3.63) is 22.8 Å². The van der Waals surface area contributed by atoms with E-state index < -0.39 is 0 Å². The molecule has 1 unspecified atom stereocenters. The number of hydrogen-bond acceptors (Lipinski definition) is 4. The van der Waals surface area contributed by atoms with E-state index in [4.69, 9.17) is 17.3 Å². The number of carbonyl (C=O) groups is 1. The van der Waals surface area contributed by atoms with Crippen LogP contribution in [-0.2, 0) is 0 Å². The number of pyridine rings is 1. The Kier molecular flexibility index (Phi) is 4.89. The monoisotopic (exact) mass is 259 g/mol. The predicted molar refractivity (Wildman–Crippen MR) is 69.0 cm³/mol. The van der Waals surface area contributed by atoms with E-state index in [1.165, 1.54) is 12.3 Å². The fourth-order valence-electron chi connectivity index (χ4n) is 1.04. The van der Waals surface area contributed by atoms with E-state index in [2.05, 4.69) is 10.3 Å². The fourth-order valence-corrected chi connectivity index (χ4v) is 1.48. The highest BCUT2D eigenvalue weighted by Gasteiger charge is 2.11. The number of thioether (sulfide) groups is 1. The number of aromatic nitrogens is 1. The first kappa shape index (κ1) is 13.1. The maximum absolute atomic E-state index is 11.7. The molecule has 1 aromatic rings. The molecule has 16 heavy (non-hydrogen) atoms. The van der Waals surface area contributed by atoms with Crippen molar-refractivity contribution >= 4 is 35.1 Å². The standard InChI is InChI=1S/C10H14ClN3OS/c1-6(16-2)4-14-10(15)7-3-9(12)13-5-8(7)11/h3,5-6H,4H2,1-2H3,(H2,12,13)(H,14,15). The number of carbonyl (C=O) groups excluding carboxylic acids is 1. The van der Waals surface area contributed by atoms with Crippen molar-refractivity contribution in [3.8, 4) is 0 Å². The second kappa shape index (κ2) is 5.96. The van der Waals surface area contributed by atoms with Gasteiger partial charge in [0.15, 0.2) is 0 Å². The van der Waals surface area contributed by atoms with E-state index in [1.807, 2.05) is 13.2 Å². The molecular weight excluding hydrogens is 246 g/mol. The van der Waals surface area contributed by atoms with E-state index in [0.29, 0.717) is 22.4 Å². The van der Waals surface area contributed by atoms with Crippen LogP contribution < -0.4 is 11.1 Å². The zero-order chi connectivity index (χ0) is 12.1. The van der Waals surface area contributed by atoms with Gasteiger partial charge in [-0.2, -0.15) is 11.8 Å². The number of rotatable bonds is 4. The topological polar surface area (TPSA) is 68.0 Å². The molecule has 1 atom stereocenters. The number of amides is 1. The van der Waals surface area contributed by atoms with E-state index >= 15 is 0 Å². The molecule has 88 valence electrons. The van der Waals surface area contributed by atoms with Gasteiger partial charge in [0.2, 0.25) is 0 Å². The van der Waals surface area contributed by atoms with Gasteiger partial charge in [-0.1, -0.05) is 18.5 Å². The number of nitrogens with zero attached hydrogens (tertiary/aromatic N) is 1. The van der Waals surface area contributed by atoms with Crippen molar-refractivity contribution in [2.45, 2.75) is 12.2 Å². The zero-order valence-corrected chi connectivity index (χ0v) is 10.7. The molecule has 0 aliphatic heterocycles. The molecule has 0 aliphatic rings. The number of halogens is 1. The number of nitrogens with one attached hydrogen (secondary N) is 1. The Morgan fingerprint density at radius 2 is 2.44 bits per heavy atom. The van der Waals surface area contributed by atoms with Gasteiger partial charge in [-0.05, 0) is 12.3 Å². The van der Waals surface area contributed by atoms with Gasteiger partial charge in [0.25, 0.3) is 5.91 Å². The summed E-state index contributed by atoms with van der Waals surface area (Å²) >= 11 is 7.54. The summed E-state index contributed by atoms with van der Waals surface area (Å²) in [6, 6.07) is 1.47.